The minimum absolute atomic E-state index is 0.0741. The second kappa shape index (κ2) is 5.99. The van der Waals surface area contributed by atoms with Crippen molar-refractivity contribution in [3.05, 3.63) is 0 Å². The molecule has 0 radical (unpaired) electrons. The molecule has 1 unspecified atom stereocenters. The number of aliphatic hydroxyl groups excluding tert-OH is 1. The van der Waals surface area contributed by atoms with E-state index in [0.717, 1.165) is 32.2 Å². The summed E-state index contributed by atoms with van der Waals surface area (Å²) in [7, 11) is 0. The number of nitrogens with one attached hydrogen (secondary N) is 1. The van der Waals surface area contributed by atoms with E-state index < -0.39 is 5.60 Å². The molecule has 1 fully saturated rings. The largest absolute Gasteiger partial charge is 0.393 e. The molecule has 0 aromatic heterocycles. The molecule has 0 aromatic rings. The highest BCUT2D eigenvalue weighted by atomic mass is 16.3. The Morgan fingerprint density at radius 3 is 2.31 bits per heavy atom. The van der Waals surface area contributed by atoms with E-state index in [1.165, 1.54) is 0 Å². The maximum atomic E-state index is 10.1. The Labute approximate surface area is 99.3 Å². The Morgan fingerprint density at radius 2 is 1.81 bits per heavy atom. The van der Waals surface area contributed by atoms with E-state index in [-0.39, 0.29) is 12.0 Å². The molecule has 0 spiro atoms. The quantitative estimate of drug-likeness (QED) is 0.670. The van der Waals surface area contributed by atoms with Crippen LogP contribution in [0.4, 0.5) is 0 Å². The minimum Gasteiger partial charge on any atom is -0.393 e. The summed E-state index contributed by atoms with van der Waals surface area (Å²) in [6.45, 7) is 7.59. The predicted octanol–water partition coefficient (Wildman–Crippen LogP) is 1.53. The molecular formula is C13H27NO2. The van der Waals surface area contributed by atoms with Crippen molar-refractivity contribution in [2.24, 2.45) is 11.8 Å². The zero-order valence-electron chi connectivity index (χ0n) is 10.9. The van der Waals surface area contributed by atoms with E-state index in [1.54, 1.807) is 0 Å². The van der Waals surface area contributed by atoms with Crippen molar-refractivity contribution in [3.63, 3.8) is 0 Å². The van der Waals surface area contributed by atoms with Crippen LogP contribution < -0.4 is 5.32 Å². The van der Waals surface area contributed by atoms with Gasteiger partial charge in [-0.1, -0.05) is 13.8 Å². The maximum Gasteiger partial charge on any atom is 0.0766 e. The molecule has 0 aromatic carbocycles. The monoisotopic (exact) mass is 229 g/mol. The molecule has 1 aliphatic carbocycles. The van der Waals surface area contributed by atoms with E-state index in [1.807, 2.05) is 20.8 Å². The first kappa shape index (κ1) is 13.9. The van der Waals surface area contributed by atoms with Crippen LogP contribution in [0.5, 0.6) is 0 Å². The van der Waals surface area contributed by atoms with Gasteiger partial charge in [-0.2, -0.15) is 0 Å². The van der Waals surface area contributed by atoms with Gasteiger partial charge in [-0.15, -0.1) is 0 Å². The number of hydrogen-bond donors (Lipinski definition) is 3. The SMILES string of the molecule is CC(C)C(C)(O)CNCC1CCC(O)CC1. The van der Waals surface area contributed by atoms with Crippen molar-refractivity contribution in [2.45, 2.75) is 58.2 Å². The first-order valence-corrected chi connectivity index (χ1v) is 6.53. The summed E-state index contributed by atoms with van der Waals surface area (Å²) in [6.07, 6.45) is 4.02. The Morgan fingerprint density at radius 1 is 1.25 bits per heavy atom. The van der Waals surface area contributed by atoms with Crippen LogP contribution in [-0.4, -0.2) is 35.0 Å². The fourth-order valence-corrected chi connectivity index (χ4v) is 2.08. The van der Waals surface area contributed by atoms with Crippen molar-refractivity contribution in [3.8, 4) is 0 Å². The van der Waals surface area contributed by atoms with E-state index >= 15 is 0 Å². The summed E-state index contributed by atoms with van der Waals surface area (Å²) in [6, 6.07) is 0. The molecule has 1 saturated carbocycles. The summed E-state index contributed by atoms with van der Waals surface area (Å²) < 4.78 is 0. The Kier molecular flexibility index (Phi) is 5.22. The van der Waals surface area contributed by atoms with Crippen molar-refractivity contribution >= 4 is 0 Å². The molecule has 0 aliphatic heterocycles. The van der Waals surface area contributed by atoms with Gasteiger partial charge in [0.2, 0.25) is 0 Å². The number of hydrogen-bond acceptors (Lipinski definition) is 3. The van der Waals surface area contributed by atoms with Crippen LogP contribution in [0.2, 0.25) is 0 Å². The molecule has 0 saturated heterocycles. The summed E-state index contributed by atoms with van der Waals surface area (Å²) in [5.41, 5.74) is -0.617. The zero-order chi connectivity index (χ0) is 12.2. The molecule has 1 atom stereocenters. The number of rotatable bonds is 5. The van der Waals surface area contributed by atoms with Crippen LogP contribution in [0, 0.1) is 11.8 Å². The molecule has 0 heterocycles. The topological polar surface area (TPSA) is 52.5 Å². The van der Waals surface area contributed by atoms with Gasteiger partial charge in [0.05, 0.1) is 11.7 Å². The van der Waals surface area contributed by atoms with E-state index in [2.05, 4.69) is 5.32 Å². The maximum absolute atomic E-state index is 10.1. The van der Waals surface area contributed by atoms with Crippen molar-refractivity contribution < 1.29 is 10.2 Å². The Hall–Kier alpha value is -0.120. The Bertz CT molecular complexity index is 196. The lowest BCUT2D eigenvalue weighted by Crippen LogP contribution is -2.43. The van der Waals surface area contributed by atoms with Crippen LogP contribution in [0.25, 0.3) is 0 Å². The first-order chi connectivity index (χ1) is 7.42. The second-order valence-electron chi connectivity index (χ2n) is 5.82. The highest BCUT2D eigenvalue weighted by Crippen LogP contribution is 2.23. The zero-order valence-corrected chi connectivity index (χ0v) is 10.9. The summed E-state index contributed by atoms with van der Waals surface area (Å²) in [4.78, 5) is 0. The molecule has 0 amide bonds. The highest BCUT2D eigenvalue weighted by Gasteiger charge is 2.25. The van der Waals surface area contributed by atoms with E-state index in [0.29, 0.717) is 12.5 Å². The molecule has 3 nitrogen and oxygen atoms in total. The summed E-state index contributed by atoms with van der Waals surface area (Å²) in [5.74, 6) is 0.944. The van der Waals surface area contributed by atoms with Gasteiger partial charge in [-0.25, -0.2) is 0 Å². The van der Waals surface area contributed by atoms with Gasteiger partial charge in [0.1, 0.15) is 0 Å². The number of aliphatic hydroxyl groups is 2. The van der Waals surface area contributed by atoms with Gasteiger partial charge in [-0.05, 0) is 51.0 Å². The molecule has 96 valence electrons. The molecule has 16 heavy (non-hydrogen) atoms. The minimum atomic E-state index is -0.617. The molecule has 3 heteroatoms. The normalized spacial score (nSPS) is 30.4. The molecule has 1 aliphatic rings. The lowest BCUT2D eigenvalue weighted by atomic mass is 9.87. The lowest BCUT2D eigenvalue weighted by molar-refractivity contribution is 0.0125. The van der Waals surface area contributed by atoms with Gasteiger partial charge in [0, 0.05) is 6.54 Å². The average molecular weight is 229 g/mol. The molecule has 1 rings (SSSR count). The van der Waals surface area contributed by atoms with Crippen LogP contribution in [-0.2, 0) is 0 Å². The van der Waals surface area contributed by atoms with Crippen molar-refractivity contribution in [1.82, 2.24) is 5.32 Å². The van der Waals surface area contributed by atoms with Crippen LogP contribution in [0.15, 0.2) is 0 Å². The molecule has 0 bridgehead atoms. The third kappa shape index (κ3) is 4.40. The van der Waals surface area contributed by atoms with Gasteiger partial charge in [0.15, 0.2) is 0 Å². The highest BCUT2D eigenvalue weighted by molar-refractivity contribution is 4.80. The Balaban J connectivity index is 2.16. The molecular weight excluding hydrogens is 202 g/mol. The predicted molar refractivity (Wildman–Crippen MR) is 66.3 cm³/mol. The first-order valence-electron chi connectivity index (χ1n) is 6.53. The van der Waals surface area contributed by atoms with Crippen molar-refractivity contribution in [1.29, 1.82) is 0 Å². The van der Waals surface area contributed by atoms with Crippen molar-refractivity contribution in [2.75, 3.05) is 13.1 Å². The van der Waals surface area contributed by atoms with E-state index in [9.17, 15) is 10.2 Å². The van der Waals surface area contributed by atoms with Gasteiger partial charge >= 0.3 is 0 Å². The fourth-order valence-electron chi connectivity index (χ4n) is 2.08. The third-order valence-electron chi connectivity index (χ3n) is 3.98. The summed E-state index contributed by atoms with van der Waals surface area (Å²) >= 11 is 0. The van der Waals surface area contributed by atoms with Crippen LogP contribution in [0.3, 0.4) is 0 Å². The van der Waals surface area contributed by atoms with Crippen LogP contribution in [0.1, 0.15) is 46.5 Å². The lowest BCUT2D eigenvalue weighted by Gasteiger charge is -2.30. The second-order valence-corrected chi connectivity index (χ2v) is 5.82. The van der Waals surface area contributed by atoms with Crippen LogP contribution >= 0.6 is 0 Å². The smallest absolute Gasteiger partial charge is 0.0766 e. The van der Waals surface area contributed by atoms with E-state index in [4.69, 9.17) is 0 Å². The van der Waals surface area contributed by atoms with Gasteiger partial charge < -0.3 is 15.5 Å². The fraction of sp³-hybridized carbons (Fsp3) is 1.00. The summed E-state index contributed by atoms with van der Waals surface area (Å²) in [5, 5.41) is 22.8. The van der Waals surface area contributed by atoms with Gasteiger partial charge in [0.25, 0.3) is 0 Å². The third-order valence-corrected chi connectivity index (χ3v) is 3.98. The average Bonchev–Trinajstić information content (AvgIpc) is 2.20. The molecule has 3 N–H and O–H groups in total. The van der Waals surface area contributed by atoms with Gasteiger partial charge in [-0.3, -0.25) is 0 Å². The standard InChI is InChI=1S/C13H27NO2/c1-10(2)13(3,16)9-14-8-11-4-6-12(15)7-5-11/h10-12,14-16H,4-9H2,1-3H3.